The number of rotatable bonds is 7. The summed E-state index contributed by atoms with van der Waals surface area (Å²) in [5, 5.41) is 11.9. The number of piperazine rings is 1. The highest BCUT2D eigenvalue weighted by Gasteiger charge is 2.29. The Bertz CT molecular complexity index is 1190. The SMILES string of the molecule is O=[N+]([O-])c1ccc(N2CCN(S(=O)(=O)c3ccc(Cl)cc3)CC2)cc1SCc1ccco1. The molecule has 2 heterocycles. The molecule has 0 spiro atoms. The molecule has 1 aliphatic heterocycles. The first-order valence-electron chi connectivity index (χ1n) is 9.79. The maximum absolute atomic E-state index is 12.9. The Morgan fingerprint density at radius 1 is 1.06 bits per heavy atom. The van der Waals surface area contributed by atoms with Crippen molar-refractivity contribution in [3.63, 3.8) is 0 Å². The van der Waals surface area contributed by atoms with Gasteiger partial charge in [0.05, 0.1) is 26.7 Å². The summed E-state index contributed by atoms with van der Waals surface area (Å²) >= 11 is 7.20. The number of furan rings is 1. The minimum absolute atomic E-state index is 0.0364. The molecule has 3 aromatic rings. The zero-order valence-electron chi connectivity index (χ0n) is 16.9. The van der Waals surface area contributed by atoms with Crippen LogP contribution in [-0.4, -0.2) is 43.8 Å². The van der Waals surface area contributed by atoms with Gasteiger partial charge in [-0.3, -0.25) is 10.1 Å². The number of anilines is 1. The highest BCUT2D eigenvalue weighted by atomic mass is 35.5. The Kier molecular flexibility index (Phi) is 6.75. The van der Waals surface area contributed by atoms with Gasteiger partial charge in [-0.25, -0.2) is 8.42 Å². The van der Waals surface area contributed by atoms with Crippen molar-refractivity contribution in [2.75, 3.05) is 31.1 Å². The molecule has 1 fully saturated rings. The number of thioether (sulfide) groups is 1. The number of nitrogens with zero attached hydrogens (tertiary/aromatic N) is 3. The molecule has 32 heavy (non-hydrogen) atoms. The Labute approximate surface area is 195 Å². The molecular formula is C21H20ClN3O5S2. The maximum Gasteiger partial charge on any atom is 0.283 e. The van der Waals surface area contributed by atoms with E-state index in [4.69, 9.17) is 16.0 Å². The highest BCUT2D eigenvalue weighted by Crippen LogP contribution is 2.35. The normalized spacial score (nSPS) is 15.1. The van der Waals surface area contributed by atoms with Crippen molar-refractivity contribution in [3.8, 4) is 0 Å². The van der Waals surface area contributed by atoms with Crippen LogP contribution in [0, 0.1) is 10.1 Å². The first kappa shape index (κ1) is 22.7. The van der Waals surface area contributed by atoms with E-state index >= 15 is 0 Å². The molecule has 8 nitrogen and oxygen atoms in total. The molecule has 1 saturated heterocycles. The summed E-state index contributed by atoms with van der Waals surface area (Å²) in [7, 11) is -3.60. The number of sulfonamides is 1. The Hall–Kier alpha value is -2.53. The quantitative estimate of drug-likeness (QED) is 0.268. The van der Waals surface area contributed by atoms with Crippen molar-refractivity contribution in [1.82, 2.24) is 4.31 Å². The van der Waals surface area contributed by atoms with Gasteiger partial charge in [0.2, 0.25) is 10.0 Å². The Morgan fingerprint density at radius 2 is 1.78 bits per heavy atom. The van der Waals surface area contributed by atoms with E-state index in [1.165, 1.54) is 34.3 Å². The fraction of sp³-hybridized carbons (Fsp3) is 0.238. The molecule has 0 aliphatic carbocycles. The molecule has 0 N–H and O–H groups in total. The van der Waals surface area contributed by atoms with Crippen LogP contribution in [0.2, 0.25) is 5.02 Å². The molecule has 0 unspecified atom stereocenters. The Balaban J connectivity index is 1.47. The van der Waals surface area contributed by atoms with Crippen LogP contribution in [0.4, 0.5) is 11.4 Å². The van der Waals surface area contributed by atoms with Gasteiger partial charge in [-0.1, -0.05) is 11.6 Å². The summed E-state index contributed by atoms with van der Waals surface area (Å²) in [6.45, 7) is 1.59. The van der Waals surface area contributed by atoms with Crippen molar-refractivity contribution < 1.29 is 17.8 Å². The number of hydrogen-bond acceptors (Lipinski definition) is 7. The van der Waals surface area contributed by atoms with Crippen LogP contribution in [0.25, 0.3) is 0 Å². The van der Waals surface area contributed by atoms with Crippen LogP contribution >= 0.6 is 23.4 Å². The third-order valence-corrected chi connectivity index (χ3v) is 8.38. The third-order valence-electron chi connectivity index (χ3n) is 5.15. The summed E-state index contributed by atoms with van der Waals surface area (Å²) in [6, 6.07) is 14.7. The van der Waals surface area contributed by atoms with Crippen molar-refractivity contribution >= 4 is 44.8 Å². The van der Waals surface area contributed by atoms with E-state index in [-0.39, 0.29) is 10.6 Å². The van der Waals surface area contributed by atoms with E-state index < -0.39 is 14.9 Å². The number of halogens is 1. The highest BCUT2D eigenvalue weighted by molar-refractivity contribution is 7.98. The van der Waals surface area contributed by atoms with Crippen LogP contribution in [0.15, 0.2) is 75.1 Å². The predicted octanol–water partition coefficient (Wildman–Crippen LogP) is 4.64. The molecule has 11 heteroatoms. The molecule has 0 saturated carbocycles. The van der Waals surface area contributed by atoms with E-state index in [1.54, 1.807) is 36.6 Å². The van der Waals surface area contributed by atoms with E-state index in [0.29, 0.717) is 41.8 Å². The molecule has 4 rings (SSSR count). The molecular weight excluding hydrogens is 474 g/mol. The second-order valence-electron chi connectivity index (χ2n) is 7.12. The lowest BCUT2D eigenvalue weighted by atomic mass is 10.2. The number of nitro groups is 1. The summed E-state index contributed by atoms with van der Waals surface area (Å²) in [5.74, 6) is 1.21. The van der Waals surface area contributed by atoms with E-state index in [0.717, 1.165) is 11.4 Å². The number of benzene rings is 2. The predicted molar refractivity (Wildman–Crippen MR) is 124 cm³/mol. The van der Waals surface area contributed by atoms with Crippen LogP contribution in [0.3, 0.4) is 0 Å². The maximum atomic E-state index is 12.9. The second-order valence-corrected chi connectivity index (χ2v) is 10.5. The monoisotopic (exact) mass is 493 g/mol. The summed E-state index contributed by atoms with van der Waals surface area (Å²) < 4.78 is 32.5. The van der Waals surface area contributed by atoms with Crippen LogP contribution in [0.1, 0.15) is 5.76 Å². The summed E-state index contributed by atoms with van der Waals surface area (Å²) in [6.07, 6.45) is 1.57. The van der Waals surface area contributed by atoms with Crippen LogP contribution in [0.5, 0.6) is 0 Å². The van der Waals surface area contributed by atoms with Gasteiger partial charge in [-0.05, 0) is 48.5 Å². The number of nitro benzene ring substituents is 1. The molecule has 0 radical (unpaired) electrons. The zero-order chi connectivity index (χ0) is 22.7. The third kappa shape index (κ3) is 4.93. The van der Waals surface area contributed by atoms with Gasteiger partial charge in [-0.2, -0.15) is 4.31 Å². The molecule has 2 aromatic carbocycles. The zero-order valence-corrected chi connectivity index (χ0v) is 19.3. The lowest BCUT2D eigenvalue weighted by Crippen LogP contribution is -2.48. The molecule has 0 amide bonds. The van der Waals surface area contributed by atoms with Gasteiger partial charge >= 0.3 is 0 Å². The topological polar surface area (TPSA) is 96.9 Å². The van der Waals surface area contributed by atoms with E-state index in [9.17, 15) is 18.5 Å². The van der Waals surface area contributed by atoms with Gasteiger partial charge in [0, 0.05) is 43.0 Å². The molecule has 1 aliphatic rings. The first-order valence-corrected chi connectivity index (χ1v) is 12.6. The smallest absolute Gasteiger partial charge is 0.283 e. The van der Waals surface area contributed by atoms with Crippen molar-refractivity contribution in [1.29, 1.82) is 0 Å². The molecule has 0 bridgehead atoms. The lowest BCUT2D eigenvalue weighted by molar-refractivity contribution is -0.387. The van der Waals surface area contributed by atoms with Crippen molar-refractivity contribution in [2.45, 2.75) is 15.5 Å². The fourth-order valence-electron chi connectivity index (χ4n) is 3.45. The largest absolute Gasteiger partial charge is 0.468 e. The minimum Gasteiger partial charge on any atom is -0.468 e. The van der Waals surface area contributed by atoms with E-state index in [1.807, 2.05) is 11.0 Å². The van der Waals surface area contributed by atoms with Crippen LogP contribution in [-0.2, 0) is 15.8 Å². The van der Waals surface area contributed by atoms with E-state index in [2.05, 4.69) is 0 Å². The average Bonchev–Trinajstić information content (AvgIpc) is 3.31. The molecule has 1 aromatic heterocycles. The lowest BCUT2D eigenvalue weighted by Gasteiger charge is -2.35. The van der Waals surface area contributed by atoms with Crippen molar-refractivity contribution in [3.05, 3.63) is 81.8 Å². The van der Waals surface area contributed by atoms with Gasteiger partial charge in [-0.15, -0.1) is 11.8 Å². The molecule has 0 atom stereocenters. The van der Waals surface area contributed by atoms with Gasteiger partial charge in [0.25, 0.3) is 5.69 Å². The number of hydrogen-bond donors (Lipinski definition) is 0. The van der Waals surface area contributed by atoms with Gasteiger partial charge in [0.1, 0.15) is 5.76 Å². The fourth-order valence-corrected chi connectivity index (χ4v) is 5.96. The molecule has 168 valence electrons. The van der Waals surface area contributed by atoms with Crippen LogP contribution < -0.4 is 4.90 Å². The average molecular weight is 494 g/mol. The second kappa shape index (κ2) is 9.53. The summed E-state index contributed by atoms with van der Waals surface area (Å²) in [5.41, 5.74) is 0.857. The van der Waals surface area contributed by atoms with Gasteiger partial charge in [0.15, 0.2) is 0 Å². The summed E-state index contributed by atoms with van der Waals surface area (Å²) in [4.78, 5) is 13.8. The first-order chi connectivity index (χ1) is 15.3. The minimum atomic E-state index is -3.60. The standard InChI is InChI=1S/C21H20ClN3O5S2/c22-16-3-6-19(7-4-16)32(28,29)24-11-9-23(10-12-24)17-5-8-20(25(26)27)21(14-17)31-15-18-2-1-13-30-18/h1-8,13-14H,9-12,15H2. The van der Waals surface area contributed by atoms with Crippen molar-refractivity contribution in [2.24, 2.45) is 0 Å². The van der Waals surface area contributed by atoms with Gasteiger partial charge < -0.3 is 9.32 Å². The Morgan fingerprint density at radius 3 is 2.41 bits per heavy atom.